The molecular weight excluding hydrogens is 214 g/mol. The van der Waals surface area contributed by atoms with E-state index in [1.165, 1.54) is 19.3 Å². The molecule has 2 atom stereocenters. The van der Waals surface area contributed by atoms with Crippen molar-refractivity contribution in [3.8, 4) is 0 Å². The summed E-state index contributed by atoms with van der Waals surface area (Å²) in [5, 5.41) is 0. The molecule has 1 aromatic rings. The van der Waals surface area contributed by atoms with Crippen LogP contribution in [0.2, 0.25) is 0 Å². The number of aryl methyl sites for hydroxylation is 1. The van der Waals surface area contributed by atoms with Crippen molar-refractivity contribution in [2.24, 2.45) is 5.73 Å². The summed E-state index contributed by atoms with van der Waals surface area (Å²) in [6.07, 6.45) is 7.02. The largest absolute Gasteiger partial charge is 0.464 e. The van der Waals surface area contributed by atoms with Gasteiger partial charge in [0, 0.05) is 13.0 Å². The molecule has 3 nitrogen and oxygen atoms in total. The molecule has 0 spiro atoms. The fourth-order valence-electron chi connectivity index (χ4n) is 2.33. The van der Waals surface area contributed by atoms with Gasteiger partial charge in [0.05, 0.1) is 12.1 Å². The first-order chi connectivity index (χ1) is 8.29. The molecule has 0 aliphatic carbocycles. The van der Waals surface area contributed by atoms with Crippen molar-refractivity contribution in [1.82, 2.24) is 0 Å². The zero-order valence-corrected chi connectivity index (χ0v) is 10.7. The standard InChI is InChI=1S/C14H23NO2/c1-2-11-7-9-14(17-11)13(15)8-6-12-5-3-4-10-16-12/h7,9,12-13H,2-6,8,10,15H2,1H3. The molecule has 1 aliphatic rings. The maximum Gasteiger partial charge on any atom is 0.120 e. The first-order valence-corrected chi connectivity index (χ1v) is 6.75. The van der Waals surface area contributed by atoms with Crippen LogP contribution in [-0.2, 0) is 11.2 Å². The molecule has 0 amide bonds. The van der Waals surface area contributed by atoms with E-state index in [9.17, 15) is 0 Å². The topological polar surface area (TPSA) is 48.4 Å². The van der Waals surface area contributed by atoms with Crippen molar-refractivity contribution in [3.05, 3.63) is 23.7 Å². The summed E-state index contributed by atoms with van der Waals surface area (Å²) in [4.78, 5) is 0. The van der Waals surface area contributed by atoms with Crippen LogP contribution >= 0.6 is 0 Å². The second kappa shape index (κ2) is 6.22. The Morgan fingerprint density at radius 1 is 1.41 bits per heavy atom. The molecule has 0 radical (unpaired) electrons. The summed E-state index contributed by atoms with van der Waals surface area (Å²) in [7, 11) is 0. The minimum absolute atomic E-state index is 0.0147. The van der Waals surface area contributed by atoms with Crippen LogP contribution in [0.1, 0.15) is 56.6 Å². The highest BCUT2D eigenvalue weighted by Gasteiger charge is 2.17. The average molecular weight is 237 g/mol. The van der Waals surface area contributed by atoms with Gasteiger partial charge in [0.15, 0.2) is 0 Å². The number of ether oxygens (including phenoxy) is 1. The highest BCUT2D eigenvalue weighted by atomic mass is 16.5. The van der Waals surface area contributed by atoms with Gasteiger partial charge in [0.2, 0.25) is 0 Å². The van der Waals surface area contributed by atoms with Gasteiger partial charge in [-0.25, -0.2) is 0 Å². The van der Waals surface area contributed by atoms with Gasteiger partial charge >= 0.3 is 0 Å². The SMILES string of the molecule is CCc1ccc(C(N)CCC2CCCCO2)o1. The Balaban J connectivity index is 1.77. The first kappa shape index (κ1) is 12.7. The Morgan fingerprint density at radius 2 is 2.29 bits per heavy atom. The zero-order valence-electron chi connectivity index (χ0n) is 10.7. The highest BCUT2D eigenvalue weighted by Crippen LogP contribution is 2.23. The third kappa shape index (κ3) is 3.58. The summed E-state index contributed by atoms with van der Waals surface area (Å²) in [5.41, 5.74) is 6.13. The summed E-state index contributed by atoms with van der Waals surface area (Å²) < 4.78 is 11.4. The van der Waals surface area contributed by atoms with E-state index in [4.69, 9.17) is 14.9 Å². The van der Waals surface area contributed by atoms with Gasteiger partial charge in [-0.05, 0) is 44.2 Å². The van der Waals surface area contributed by atoms with Gasteiger partial charge < -0.3 is 14.9 Å². The van der Waals surface area contributed by atoms with E-state index in [1.54, 1.807) is 0 Å². The van der Waals surface area contributed by atoms with E-state index < -0.39 is 0 Å². The van der Waals surface area contributed by atoms with Crippen LogP contribution in [0.15, 0.2) is 16.5 Å². The summed E-state index contributed by atoms with van der Waals surface area (Å²) in [5.74, 6) is 1.93. The fraction of sp³-hybridized carbons (Fsp3) is 0.714. The monoisotopic (exact) mass is 237 g/mol. The van der Waals surface area contributed by atoms with Crippen molar-refractivity contribution in [3.63, 3.8) is 0 Å². The maximum atomic E-state index is 6.13. The van der Waals surface area contributed by atoms with E-state index in [0.717, 1.165) is 37.4 Å². The maximum absolute atomic E-state index is 6.13. The summed E-state index contributed by atoms with van der Waals surface area (Å²) in [6, 6.07) is 4.04. The van der Waals surface area contributed by atoms with Gasteiger partial charge in [-0.3, -0.25) is 0 Å². The lowest BCUT2D eigenvalue weighted by Gasteiger charge is -2.23. The second-order valence-electron chi connectivity index (χ2n) is 4.83. The third-order valence-corrected chi connectivity index (χ3v) is 3.47. The molecule has 96 valence electrons. The molecule has 0 bridgehead atoms. The van der Waals surface area contributed by atoms with E-state index in [2.05, 4.69) is 6.92 Å². The van der Waals surface area contributed by atoms with Crippen LogP contribution in [0.4, 0.5) is 0 Å². The number of furan rings is 1. The third-order valence-electron chi connectivity index (χ3n) is 3.47. The molecule has 2 rings (SSSR count). The van der Waals surface area contributed by atoms with E-state index >= 15 is 0 Å². The van der Waals surface area contributed by atoms with Gasteiger partial charge in [-0.2, -0.15) is 0 Å². The van der Waals surface area contributed by atoms with Gasteiger partial charge in [0.25, 0.3) is 0 Å². The molecule has 0 saturated carbocycles. The Hall–Kier alpha value is -0.800. The van der Waals surface area contributed by atoms with Gasteiger partial charge in [-0.15, -0.1) is 0 Å². The van der Waals surface area contributed by atoms with Crippen LogP contribution in [-0.4, -0.2) is 12.7 Å². The molecule has 2 heterocycles. The van der Waals surface area contributed by atoms with Crippen LogP contribution < -0.4 is 5.73 Å². The van der Waals surface area contributed by atoms with Crippen LogP contribution in [0.25, 0.3) is 0 Å². The fourth-order valence-corrected chi connectivity index (χ4v) is 2.33. The van der Waals surface area contributed by atoms with E-state index in [1.807, 2.05) is 12.1 Å². The Morgan fingerprint density at radius 3 is 2.94 bits per heavy atom. The molecule has 1 saturated heterocycles. The molecule has 1 fully saturated rings. The average Bonchev–Trinajstić information content (AvgIpc) is 2.86. The number of nitrogens with two attached hydrogens (primary N) is 1. The minimum Gasteiger partial charge on any atom is -0.464 e. The smallest absolute Gasteiger partial charge is 0.120 e. The van der Waals surface area contributed by atoms with Crippen molar-refractivity contribution < 1.29 is 9.15 Å². The second-order valence-corrected chi connectivity index (χ2v) is 4.83. The highest BCUT2D eigenvalue weighted by molar-refractivity contribution is 5.10. The number of hydrogen-bond acceptors (Lipinski definition) is 3. The normalized spacial score (nSPS) is 22.6. The Bertz CT molecular complexity index is 329. The lowest BCUT2D eigenvalue weighted by atomic mass is 10.0. The molecule has 2 N–H and O–H groups in total. The zero-order chi connectivity index (χ0) is 12.1. The van der Waals surface area contributed by atoms with Crippen LogP contribution in [0.3, 0.4) is 0 Å². The molecular formula is C14H23NO2. The van der Waals surface area contributed by atoms with Crippen LogP contribution in [0, 0.1) is 0 Å². The first-order valence-electron chi connectivity index (χ1n) is 6.75. The van der Waals surface area contributed by atoms with Crippen LogP contribution in [0.5, 0.6) is 0 Å². The molecule has 1 aromatic heterocycles. The lowest BCUT2D eigenvalue weighted by molar-refractivity contribution is 0.00884. The molecule has 1 aliphatic heterocycles. The van der Waals surface area contributed by atoms with Crippen molar-refractivity contribution in [2.45, 2.75) is 57.6 Å². The molecule has 3 heteroatoms. The predicted octanol–water partition coefficient (Wildman–Crippen LogP) is 3.19. The Kier molecular flexibility index (Phi) is 4.63. The van der Waals surface area contributed by atoms with E-state index in [-0.39, 0.29) is 6.04 Å². The minimum atomic E-state index is 0.0147. The molecule has 17 heavy (non-hydrogen) atoms. The lowest BCUT2D eigenvalue weighted by Crippen LogP contribution is -2.21. The quantitative estimate of drug-likeness (QED) is 0.855. The summed E-state index contributed by atoms with van der Waals surface area (Å²) >= 11 is 0. The predicted molar refractivity (Wildman–Crippen MR) is 67.8 cm³/mol. The van der Waals surface area contributed by atoms with Crippen molar-refractivity contribution in [1.29, 1.82) is 0 Å². The van der Waals surface area contributed by atoms with Crippen molar-refractivity contribution >= 4 is 0 Å². The number of hydrogen-bond donors (Lipinski definition) is 1. The summed E-state index contributed by atoms with van der Waals surface area (Å²) in [6.45, 7) is 3.00. The number of rotatable bonds is 5. The van der Waals surface area contributed by atoms with Gasteiger partial charge in [0.1, 0.15) is 11.5 Å². The van der Waals surface area contributed by atoms with Gasteiger partial charge in [-0.1, -0.05) is 6.92 Å². The molecule has 2 unspecified atom stereocenters. The van der Waals surface area contributed by atoms with E-state index in [0.29, 0.717) is 6.10 Å². The van der Waals surface area contributed by atoms with Crippen molar-refractivity contribution in [2.75, 3.05) is 6.61 Å². The Labute approximate surface area is 103 Å². The molecule has 0 aromatic carbocycles.